The molecule has 1 aromatic heterocycles. The van der Waals surface area contributed by atoms with Gasteiger partial charge in [-0.05, 0) is 30.3 Å². The first-order chi connectivity index (χ1) is 12.8. The van der Waals surface area contributed by atoms with Gasteiger partial charge in [-0.1, -0.05) is 76.3 Å². The molecule has 0 unspecified atom stereocenters. The highest BCUT2D eigenvalue weighted by Gasteiger charge is 2.26. The van der Waals surface area contributed by atoms with Gasteiger partial charge in [0.05, 0.1) is 11.4 Å². The van der Waals surface area contributed by atoms with Crippen LogP contribution in [0.15, 0.2) is 40.0 Å². The van der Waals surface area contributed by atoms with Crippen LogP contribution in [0.25, 0.3) is 5.69 Å². The molecule has 0 aliphatic heterocycles. The Hall–Kier alpha value is -1.69. The van der Waals surface area contributed by atoms with Crippen LogP contribution in [-0.2, 0) is 10.8 Å². The summed E-state index contributed by atoms with van der Waals surface area (Å²) in [5.74, 6) is 0. The molecule has 1 heterocycles. The first kappa shape index (κ1) is 22.6. The van der Waals surface area contributed by atoms with Gasteiger partial charge in [0.15, 0.2) is 0 Å². The minimum atomic E-state index is -0.541. The number of hydrogen-bond donors (Lipinski definition) is 2. The molecule has 2 aromatic rings. The fraction of sp³-hybridized carbons (Fsp3) is 0.400. The van der Waals surface area contributed by atoms with Crippen molar-refractivity contribution >= 4 is 46.5 Å². The van der Waals surface area contributed by atoms with Crippen molar-refractivity contribution in [3.63, 3.8) is 0 Å². The zero-order valence-electron chi connectivity index (χ0n) is 16.8. The minimum Gasteiger partial charge on any atom is -0.308 e. The Kier molecular flexibility index (Phi) is 6.74. The number of carbonyl (C=O) groups excluding carboxylic acids is 1. The molecule has 0 aliphatic rings. The van der Waals surface area contributed by atoms with E-state index < -0.39 is 6.03 Å². The van der Waals surface area contributed by atoms with Crippen LogP contribution in [0.3, 0.4) is 0 Å². The number of urea groups is 1. The number of hydrogen-bond acceptors (Lipinski definition) is 2. The molecular weight excluding hydrogens is 419 g/mol. The molecule has 1 aromatic carbocycles. The summed E-state index contributed by atoms with van der Waals surface area (Å²) in [7, 11) is 0. The van der Waals surface area contributed by atoms with E-state index >= 15 is 0 Å². The van der Waals surface area contributed by atoms with E-state index in [0.29, 0.717) is 5.69 Å². The standard InChI is InChI=1S/C20H25Cl3N4O/c1-19(2,3)14-11-15(20(4,5)6)27(26-14)13-9-7-12(8-10-13)24-18(28)25-17(23)16(21)22/h7-11H,1-6H3,(H2,24,25,28). The topological polar surface area (TPSA) is 59.0 Å². The highest BCUT2D eigenvalue weighted by Crippen LogP contribution is 2.30. The Morgan fingerprint density at radius 2 is 1.54 bits per heavy atom. The van der Waals surface area contributed by atoms with Crippen molar-refractivity contribution in [2.24, 2.45) is 0 Å². The monoisotopic (exact) mass is 442 g/mol. The molecule has 0 radical (unpaired) electrons. The van der Waals surface area contributed by atoms with Crippen molar-refractivity contribution in [3.8, 4) is 5.69 Å². The van der Waals surface area contributed by atoms with E-state index in [1.807, 2.05) is 16.8 Å². The smallest absolute Gasteiger partial charge is 0.308 e. The van der Waals surface area contributed by atoms with Crippen LogP contribution in [0.4, 0.5) is 10.5 Å². The number of nitrogens with one attached hydrogen (secondary N) is 2. The third kappa shape index (κ3) is 5.66. The van der Waals surface area contributed by atoms with E-state index in [4.69, 9.17) is 39.9 Å². The second-order valence-corrected chi connectivity index (χ2v) is 9.85. The van der Waals surface area contributed by atoms with Crippen LogP contribution in [0.5, 0.6) is 0 Å². The van der Waals surface area contributed by atoms with Crippen LogP contribution in [-0.4, -0.2) is 15.8 Å². The molecule has 8 heteroatoms. The highest BCUT2D eigenvalue weighted by molar-refractivity contribution is 6.59. The second kappa shape index (κ2) is 8.36. The van der Waals surface area contributed by atoms with E-state index in [1.165, 1.54) is 0 Å². The van der Waals surface area contributed by atoms with Crippen LogP contribution < -0.4 is 10.6 Å². The Labute approximate surface area is 181 Å². The third-order valence-electron chi connectivity index (χ3n) is 4.01. The molecule has 2 rings (SSSR count). The van der Waals surface area contributed by atoms with Gasteiger partial charge in [0.25, 0.3) is 0 Å². The summed E-state index contributed by atoms with van der Waals surface area (Å²) in [4.78, 5) is 11.9. The summed E-state index contributed by atoms with van der Waals surface area (Å²) in [6.45, 7) is 12.9. The van der Waals surface area contributed by atoms with Crippen molar-refractivity contribution in [2.45, 2.75) is 52.4 Å². The van der Waals surface area contributed by atoms with Gasteiger partial charge in [0, 0.05) is 22.2 Å². The lowest BCUT2D eigenvalue weighted by molar-refractivity contribution is 0.255. The molecule has 0 fully saturated rings. The molecule has 0 saturated carbocycles. The van der Waals surface area contributed by atoms with Crippen molar-refractivity contribution in [2.75, 3.05) is 5.32 Å². The summed E-state index contributed by atoms with van der Waals surface area (Å²) in [6.07, 6.45) is 0. The number of rotatable bonds is 3. The number of amides is 2. The summed E-state index contributed by atoms with van der Waals surface area (Å²) in [5.41, 5.74) is 3.52. The summed E-state index contributed by atoms with van der Waals surface area (Å²) in [6, 6.07) is 9.00. The van der Waals surface area contributed by atoms with Gasteiger partial charge in [-0.15, -0.1) is 0 Å². The first-order valence-corrected chi connectivity index (χ1v) is 9.92. The molecular formula is C20H25Cl3N4O. The van der Waals surface area contributed by atoms with Gasteiger partial charge in [-0.25, -0.2) is 9.48 Å². The number of benzene rings is 1. The molecule has 0 saturated heterocycles. The number of carbonyl (C=O) groups is 1. The Bertz CT molecular complexity index is 884. The summed E-state index contributed by atoms with van der Waals surface area (Å²) >= 11 is 16.7. The van der Waals surface area contributed by atoms with E-state index in [1.54, 1.807) is 12.1 Å². The van der Waals surface area contributed by atoms with Crippen molar-refractivity contribution < 1.29 is 4.79 Å². The zero-order valence-corrected chi connectivity index (χ0v) is 19.1. The van der Waals surface area contributed by atoms with Crippen LogP contribution in [0.2, 0.25) is 0 Å². The normalized spacial score (nSPS) is 11.9. The Balaban J connectivity index is 2.29. The van der Waals surface area contributed by atoms with Crippen LogP contribution >= 0.6 is 34.8 Å². The second-order valence-electron chi connectivity index (χ2n) is 8.53. The fourth-order valence-corrected chi connectivity index (χ4v) is 2.65. The third-order valence-corrected chi connectivity index (χ3v) is 4.86. The predicted octanol–water partition coefficient (Wildman–Crippen LogP) is 6.43. The Morgan fingerprint density at radius 1 is 0.964 bits per heavy atom. The highest BCUT2D eigenvalue weighted by atomic mass is 35.5. The van der Waals surface area contributed by atoms with Gasteiger partial charge < -0.3 is 5.32 Å². The van der Waals surface area contributed by atoms with Gasteiger partial charge in [-0.3, -0.25) is 5.32 Å². The lowest BCUT2D eigenvalue weighted by Gasteiger charge is -2.20. The number of halogens is 3. The minimum absolute atomic E-state index is 0.0543. The maximum Gasteiger partial charge on any atom is 0.324 e. The summed E-state index contributed by atoms with van der Waals surface area (Å²) in [5, 5.41) is 9.69. The molecule has 0 atom stereocenters. The van der Waals surface area contributed by atoms with Crippen LogP contribution in [0.1, 0.15) is 52.9 Å². The molecule has 152 valence electrons. The number of aromatic nitrogens is 2. The molecule has 5 nitrogen and oxygen atoms in total. The van der Waals surface area contributed by atoms with Gasteiger partial charge in [0.1, 0.15) is 9.65 Å². The van der Waals surface area contributed by atoms with E-state index in [9.17, 15) is 4.79 Å². The molecule has 0 aliphatic carbocycles. The first-order valence-electron chi connectivity index (χ1n) is 8.79. The number of nitrogens with zero attached hydrogens (tertiary/aromatic N) is 2. The molecule has 0 bridgehead atoms. The van der Waals surface area contributed by atoms with Gasteiger partial charge in [0.2, 0.25) is 0 Å². The number of anilines is 1. The Morgan fingerprint density at radius 3 is 2.00 bits per heavy atom. The molecule has 2 amide bonds. The lowest BCUT2D eigenvalue weighted by atomic mass is 9.88. The maximum absolute atomic E-state index is 11.9. The maximum atomic E-state index is 11.9. The molecule has 28 heavy (non-hydrogen) atoms. The van der Waals surface area contributed by atoms with Crippen molar-refractivity contribution in [1.29, 1.82) is 0 Å². The summed E-state index contributed by atoms with van der Waals surface area (Å²) < 4.78 is 1.74. The lowest BCUT2D eigenvalue weighted by Crippen LogP contribution is -2.26. The molecule has 2 N–H and O–H groups in total. The van der Waals surface area contributed by atoms with E-state index in [2.05, 4.69) is 58.2 Å². The van der Waals surface area contributed by atoms with E-state index in [-0.39, 0.29) is 20.5 Å². The van der Waals surface area contributed by atoms with Crippen LogP contribution in [0, 0.1) is 0 Å². The van der Waals surface area contributed by atoms with Gasteiger partial charge in [-0.2, -0.15) is 5.10 Å². The van der Waals surface area contributed by atoms with Crippen molar-refractivity contribution in [1.82, 2.24) is 15.1 Å². The SMILES string of the molecule is CC(C)(C)c1cc(C(C)(C)C)n(-c2ccc(NC(=O)NC(Cl)=C(Cl)Cl)cc2)n1. The quantitative estimate of drug-likeness (QED) is 0.537. The predicted molar refractivity (Wildman–Crippen MR) is 118 cm³/mol. The average Bonchev–Trinajstić information content (AvgIpc) is 3.01. The largest absolute Gasteiger partial charge is 0.324 e. The molecule has 0 spiro atoms. The fourth-order valence-electron chi connectivity index (χ4n) is 2.47. The zero-order chi connectivity index (χ0) is 21.3. The van der Waals surface area contributed by atoms with E-state index in [0.717, 1.165) is 17.1 Å². The average molecular weight is 444 g/mol. The van der Waals surface area contributed by atoms with Gasteiger partial charge >= 0.3 is 6.03 Å². The van der Waals surface area contributed by atoms with Crippen molar-refractivity contribution in [3.05, 3.63) is 51.4 Å².